The third kappa shape index (κ3) is 2.25. The summed E-state index contributed by atoms with van der Waals surface area (Å²) in [5.74, 6) is -0.295. The fraction of sp³-hybridized carbons (Fsp3) is 0. The topological polar surface area (TPSA) is 90.9 Å². The summed E-state index contributed by atoms with van der Waals surface area (Å²) in [6, 6.07) is 7.99. The normalized spacial score (nSPS) is 10.8. The van der Waals surface area contributed by atoms with E-state index in [-0.39, 0.29) is 16.7 Å². The van der Waals surface area contributed by atoms with Crippen molar-refractivity contribution >= 4 is 34.2 Å². The van der Waals surface area contributed by atoms with Gasteiger partial charge in [-0.15, -0.1) is 0 Å². The van der Waals surface area contributed by atoms with E-state index in [9.17, 15) is 9.59 Å². The molecule has 6 nitrogen and oxygen atoms in total. The third-order valence-electron chi connectivity index (χ3n) is 2.57. The molecule has 0 radical (unpaired) electrons. The van der Waals surface area contributed by atoms with Crippen LogP contribution in [0.5, 0.6) is 0 Å². The highest BCUT2D eigenvalue weighted by Crippen LogP contribution is 2.17. The maximum Gasteiger partial charge on any atom is 0.323 e. The maximum atomic E-state index is 11.8. The molecule has 0 aliphatic heterocycles. The van der Waals surface area contributed by atoms with E-state index in [4.69, 9.17) is 16.0 Å². The predicted octanol–water partition coefficient (Wildman–Crippen LogP) is 2.35. The van der Waals surface area contributed by atoms with Crippen molar-refractivity contribution in [2.45, 2.75) is 0 Å². The molecule has 0 aliphatic rings. The number of furan rings is 1. The van der Waals surface area contributed by atoms with E-state index in [1.807, 2.05) is 0 Å². The van der Waals surface area contributed by atoms with Crippen molar-refractivity contribution in [2.75, 3.05) is 5.32 Å². The van der Waals surface area contributed by atoms with Gasteiger partial charge in [0.25, 0.3) is 5.91 Å². The molecule has 0 saturated heterocycles. The van der Waals surface area contributed by atoms with Gasteiger partial charge in [-0.25, -0.2) is 4.79 Å². The van der Waals surface area contributed by atoms with Gasteiger partial charge in [0.15, 0.2) is 11.0 Å². The smallest absolute Gasteiger partial charge is 0.323 e. The van der Waals surface area contributed by atoms with Crippen molar-refractivity contribution in [2.24, 2.45) is 0 Å². The number of hydrogen-bond acceptors (Lipinski definition) is 3. The highest BCUT2D eigenvalue weighted by molar-refractivity contribution is 6.29. The summed E-state index contributed by atoms with van der Waals surface area (Å²) >= 11 is 5.60. The summed E-state index contributed by atoms with van der Waals surface area (Å²) in [7, 11) is 0. The lowest BCUT2D eigenvalue weighted by Gasteiger charge is -2.02. The first kappa shape index (κ1) is 11.6. The van der Waals surface area contributed by atoms with Crippen molar-refractivity contribution in [1.29, 1.82) is 0 Å². The van der Waals surface area contributed by atoms with Gasteiger partial charge < -0.3 is 19.7 Å². The van der Waals surface area contributed by atoms with Crippen molar-refractivity contribution in [3.63, 3.8) is 0 Å². The Bertz CT molecular complexity index is 815. The predicted molar refractivity (Wildman–Crippen MR) is 70.6 cm³/mol. The average molecular weight is 278 g/mol. The summed E-state index contributed by atoms with van der Waals surface area (Å²) in [4.78, 5) is 28.2. The lowest BCUT2D eigenvalue weighted by molar-refractivity contribution is 0.0997. The summed E-state index contributed by atoms with van der Waals surface area (Å²) in [5, 5.41) is 2.79. The van der Waals surface area contributed by atoms with Gasteiger partial charge in [-0.3, -0.25) is 4.79 Å². The first-order valence-corrected chi connectivity index (χ1v) is 5.78. The number of aromatic nitrogens is 2. The van der Waals surface area contributed by atoms with Gasteiger partial charge >= 0.3 is 5.69 Å². The molecular formula is C12H8ClN3O3. The molecule has 0 unspecified atom stereocenters. The fourth-order valence-electron chi connectivity index (χ4n) is 1.74. The van der Waals surface area contributed by atoms with E-state index in [0.29, 0.717) is 16.7 Å². The van der Waals surface area contributed by atoms with E-state index >= 15 is 0 Å². The molecule has 3 N–H and O–H groups in total. The van der Waals surface area contributed by atoms with Gasteiger partial charge in [0.05, 0.1) is 11.0 Å². The van der Waals surface area contributed by atoms with Crippen LogP contribution in [0.3, 0.4) is 0 Å². The number of H-pyrrole nitrogens is 2. The maximum absolute atomic E-state index is 11.8. The van der Waals surface area contributed by atoms with Gasteiger partial charge in [-0.05, 0) is 41.9 Å². The van der Waals surface area contributed by atoms with Crippen LogP contribution in [-0.2, 0) is 0 Å². The van der Waals surface area contributed by atoms with Crippen LogP contribution in [-0.4, -0.2) is 15.9 Å². The first-order valence-electron chi connectivity index (χ1n) is 5.40. The number of anilines is 1. The standard InChI is InChI=1S/C12H8ClN3O3/c13-10-4-3-9(19-10)11(17)14-6-1-2-7-8(5-6)16-12(18)15-7/h1-5H,(H,14,17)(H2,15,16,18). The van der Waals surface area contributed by atoms with E-state index in [0.717, 1.165) is 0 Å². The Hall–Kier alpha value is -2.47. The zero-order chi connectivity index (χ0) is 13.4. The highest BCUT2D eigenvalue weighted by atomic mass is 35.5. The number of benzene rings is 1. The Kier molecular flexibility index (Phi) is 2.64. The Labute approximate surface area is 111 Å². The minimum Gasteiger partial charge on any atom is -0.440 e. The number of amides is 1. The van der Waals surface area contributed by atoms with Crippen LogP contribution < -0.4 is 11.0 Å². The Morgan fingerprint density at radius 1 is 1.16 bits per heavy atom. The highest BCUT2D eigenvalue weighted by Gasteiger charge is 2.11. The molecule has 1 amide bonds. The summed E-state index contributed by atoms with van der Waals surface area (Å²) in [6.07, 6.45) is 0. The molecule has 0 bridgehead atoms. The molecule has 0 aliphatic carbocycles. The lowest BCUT2D eigenvalue weighted by Crippen LogP contribution is -2.10. The summed E-state index contributed by atoms with van der Waals surface area (Å²) < 4.78 is 5.00. The van der Waals surface area contributed by atoms with Crippen molar-refractivity contribution < 1.29 is 9.21 Å². The third-order valence-corrected chi connectivity index (χ3v) is 2.77. The number of nitrogens with one attached hydrogen (secondary N) is 3. The van der Waals surface area contributed by atoms with Gasteiger partial charge in [-0.2, -0.15) is 0 Å². The quantitative estimate of drug-likeness (QED) is 0.671. The zero-order valence-corrected chi connectivity index (χ0v) is 10.2. The number of hydrogen-bond donors (Lipinski definition) is 3. The number of imidazole rings is 1. The zero-order valence-electron chi connectivity index (χ0n) is 9.49. The van der Waals surface area contributed by atoms with Gasteiger partial charge in [0, 0.05) is 5.69 Å². The Balaban J connectivity index is 1.88. The van der Waals surface area contributed by atoms with Crippen LogP contribution in [0, 0.1) is 0 Å². The SMILES string of the molecule is O=C(Nc1ccc2[nH]c(=O)[nH]c2c1)c1ccc(Cl)o1. The monoisotopic (exact) mass is 277 g/mol. The number of rotatable bonds is 2. The molecule has 3 aromatic rings. The molecule has 0 spiro atoms. The first-order chi connectivity index (χ1) is 9.11. The van der Waals surface area contributed by atoms with E-state index in [1.54, 1.807) is 18.2 Å². The molecule has 1 aromatic carbocycles. The van der Waals surface area contributed by atoms with Gasteiger partial charge in [-0.1, -0.05) is 0 Å². The van der Waals surface area contributed by atoms with Gasteiger partial charge in [0.1, 0.15) is 0 Å². The van der Waals surface area contributed by atoms with Crippen molar-refractivity contribution in [3.05, 3.63) is 51.8 Å². The van der Waals surface area contributed by atoms with E-state index in [1.165, 1.54) is 12.1 Å². The molecule has 3 rings (SSSR count). The molecular weight excluding hydrogens is 270 g/mol. The van der Waals surface area contributed by atoms with Crippen LogP contribution in [0.2, 0.25) is 5.22 Å². The second-order valence-electron chi connectivity index (χ2n) is 3.90. The molecule has 96 valence electrons. The molecule has 0 atom stereocenters. The van der Waals surface area contributed by atoms with Crippen LogP contribution in [0.4, 0.5) is 5.69 Å². The number of carbonyl (C=O) groups is 1. The second-order valence-corrected chi connectivity index (χ2v) is 4.27. The second kappa shape index (κ2) is 4.33. The fourth-order valence-corrected chi connectivity index (χ4v) is 1.89. The van der Waals surface area contributed by atoms with Crippen molar-refractivity contribution in [3.8, 4) is 0 Å². The largest absolute Gasteiger partial charge is 0.440 e. The minimum atomic E-state index is -0.413. The molecule has 0 fully saturated rings. The van der Waals surface area contributed by atoms with E-state index < -0.39 is 5.91 Å². The Morgan fingerprint density at radius 2 is 1.95 bits per heavy atom. The average Bonchev–Trinajstić information content (AvgIpc) is 2.93. The number of aromatic amines is 2. The molecule has 2 heterocycles. The Morgan fingerprint density at radius 3 is 2.68 bits per heavy atom. The molecule has 2 aromatic heterocycles. The summed E-state index contributed by atoms with van der Waals surface area (Å²) in [5.41, 5.74) is 1.53. The van der Waals surface area contributed by atoms with Crippen LogP contribution in [0.25, 0.3) is 11.0 Å². The molecule has 7 heteroatoms. The molecule has 19 heavy (non-hydrogen) atoms. The van der Waals surface area contributed by atoms with Crippen LogP contribution >= 0.6 is 11.6 Å². The summed E-state index contributed by atoms with van der Waals surface area (Å²) in [6.45, 7) is 0. The minimum absolute atomic E-state index is 0.118. The van der Waals surface area contributed by atoms with Gasteiger partial charge in [0.2, 0.25) is 0 Å². The van der Waals surface area contributed by atoms with Crippen LogP contribution in [0.1, 0.15) is 10.6 Å². The number of halogens is 1. The van der Waals surface area contributed by atoms with Crippen LogP contribution in [0.15, 0.2) is 39.5 Å². The molecule has 0 saturated carbocycles. The van der Waals surface area contributed by atoms with Crippen molar-refractivity contribution in [1.82, 2.24) is 9.97 Å². The lowest BCUT2D eigenvalue weighted by atomic mass is 10.2. The number of fused-ring (bicyclic) bond motifs is 1. The number of carbonyl (C=O) groups excluding carboxylic acids is 1. The van der Waals surface area contributed by atoms with E-state index in [2.05, 4.69) is 15.3 Å².